The molecule has 0 radical (unpaired) electrons. The number of pyridine rings is 1. The zero-order valence-electron chi connectivity index (χ0n) is 45.1. The van der Waals surface area contributed by atoms with Crippen molar-refractivity contribution in [2.24, 2.45) is 18.9 Å². The number of aliphatic carboxylic acids is 1. The van der Waals surface area contributed by atoms with E-state index in [1.54, 1.807) is 54.5 Å². The van der Waals surface area contributed by atoms with Crippen LogP contribution in [0.2, 0.25) is 0 Å². The number of aromatic nitrogens is 4. The normalized spacial score (nSPS) is 18.2. The molecular weight excluding hydrogens is 1050 g/mol. The lowest BCUT2D eigenvalue weighted by atomic mass is 9.75. The lowest BCUT2D eigenvalue weighted by Crippen LogP contribution is -2.53. The van der Waals surface area contributed by atoms with Crippen LogP contribution in [0, 0.1) is 30.4 Å². The van der Waals surface area contributed by atoms with E-state index in [9.17, 15) is 53.6 Å². The summed E-state index contributed by atoms with van der Waals surface area (Å²) >= 11 is 0. The molecule has 25 heteroatoms. The number of imidazole rings is 1. The Labute approximate surface area is 459 Å². The molecule has 0 unspecified atom stereocenters. The van der Waals surface area contributed by atoms with Crippen LogP contribution in [0.15, 0.2) is 67.0 Å². The summed E-state index contributed by atoms with van der Waals surface area (Å²) in [7, 11) is 3.24. The molecule has 5 amide bonds. The number of carboxylic acid groups (broad SMARTS) is 1. The maximum absolute atomic E-state index is 15.5. The van der Waals surface area contributed by atoms with Gasteiger partial charge in [-0.3, -0.25) is 33.6 Å². The molecule has 23 nitrogen and oxygen atoms in total. The highest BCUT2D eigenvalue weighted by Crippen LogP contribution is 2.37. The number of nitrogens with one attached hydrogen (secondary N) is 2. The van der Waals surface area contributed by atoms with Crippen molar-refractivity contribution in [1.29, 1.82) is 0 Å². The Kier molecular flexibility index (Phi) is 19.7. The average molecular weight is 1120 g/mol. The number of carbonyl (C=O) groups excluding carboxylic acids is 5. The third-order valence-corrected chi connectivity index (χ3v) is 13.8. The number of ether oxygens (including phenoxy) is 5. The fraction of sp³-hybridized carbons (Fsp3) is 0.455. The highest BCUT2D eigenvalue weighted by atomic mass is 19.2. The molecule has 0 saturated heterocycles. The zero-order chi connectivity index (χ0) is 58.0. The third-order valence-electron chi connectivity index (χ3n) is 13.8. The second kappa shape index (κ2) is 26.4. The summed E-state index contributed by atoms with van der Waals surface area (Å²) < 4.78 is 62.1. The second-order valence-corrected chi connectivity index (χ2v) is 20.0. The van der Waals surface area contributed by atoms with Gasteiger partial charge in [0.15, 0.2) is 11.6 Å². The fourth-order valence-electron chi connectivity index (χ4n) is 9.23. The fourth-order valence-corrected chi connectivity index (χ4v) is 9.23. The van der Waals surface area contributed by atoms with Crippen molar-refractivity contribution >= 4 is 47.0 Å². The Morgan fingerprint density at radius 3 is 2.36 bits per heavy atom. The van der Waals surface area contributed by atoms with E-state index in [2.05, 4.69) is 20.7 Å². The summed E-state index contributed by atoms with van der Waals surface area (Å²) in [6.07, 6.45) is 0.548. The van der Waals surface area contributed by atoms with Crippen molar-refractivity contribution in [2.75, 3.05) is 58.5 Å². The molecule has 4 heterocycles. The number of hydrogen-bond acceptors (Lipinski definition) is 16. The first-order valence-corrected chi connectivity index (χ1v) is 25.9. The maximum Gasteiger partial charge on any atom is 0.410 e. The maximum atomic E-state index is 15.5. The minimum atomic E-state index is -1.48. The number of nitrogens with zero attached hydrogens (tertiary/aromatic N) is 6. The van der Waals surface area contributed by atoms with Crippen LogP contribution in [0.1, 0.15) is 68.2 Å². The summed E-state index contributed by atoms with van der Waals surface area (Å²) in [5, 5.41) is 52.0. The number of carboxylic acids is 1. The van der Waals surface area contributed by atoms with Crippen LogP contribution in [0.5, 0.6) is 11.5 Å². The van der Waals surface area contributed by atoms with Crippen LogP contribution < -0.4 is 20.1 Å². The monoisotopic (exact) mass is 1120 g/mol. The number of benzene rings is 2. The van der Waals surface area contributed by atoms with Gasteiger partial charge in [-0.05, 0) is 68.7 Å². The van der Waals surface area contributed by atoms with Crippen molar-refractivity contribution in [3.05, 3.63) is 107 Å². The van der Waals surface area contributed by atoms with Gasteiger partial charge in [0, 0.05) is 87.1 Å². The molecule has 0 spiro atoms. The molecule has 80 heavy (non-hydrogen) atoms. The predicted molar refractivity (Wildman–Crippen MR) is 281 cm³/mol. The number of rotatable bonds is 26. The first-order chi connectivity index (χ1) is 38.0. The average Bonchev–Trinajstić information content (AvgIpc) is 4.09. The Morgan fingerprint density at radius 1 is 0.925 bits per heavy atom. The summed E-state index contributed by atoms with van der Waals surface area (Å²) in [5.74, 6) is -7.42. The van der Waals surface area contributed by atoms with Gasteiger partial charge in [-0.2, -0.15) is 9.49 Å². The van der Waals surface area contributed by atoms with Crippen molar-refractivity contribution in [3.8, 4) is 22.6 Å². The van der Waals surface area contributed by atoms with Crippen LogP contribution in [0.4, 0.5) is 19.3 Å². The SMILES string of the molecule is Cc1c(CCOc2c(-c3ccc4ncc(CN(C)C(=O)OCc5ccc(O[C@@H]6C[C@H](C(=O)O)[C@@H](C)[C@H](O)[C@H]6O)c(NC(=O)CCNC(=O)CCOCCOCCN6C(=O)C=CC6=O)c5)n4c3)ccc(F)c2F)c(C(C)(C)O)nn1C. The minimum absolute atomic E-state index is 0.00954. The molecule has 2 aliphatic rings. The Morgan fingerprint density at radius 2 is 1.65 bits per heavy atom. The first kappa shape index (κ1) is 59.8. The van der Waals surface area contributed by atoms with Crippen LogP contribution in [0.3, 0.4) is 0 Å². The number of hydrogen-bond donors (Lipinski definition) is 6. The molecule has 7 rings (SSSR count). The molecular formula is C55H66F2N8O15. The van der Waals surface area contributed by atoms with Crippen molar-refractivity contribution in [2.45, 2.75) is 90.4 Å². The summed E-state index contributed by atoms with van der Waals surface area (Å²) in [5.41, 5.74) is 2.82. The van der Waals surface area contributed by atoms with E-state index in [0.29, 0.717) is 28.2 Å². The van der Waals surface area contributed by atoms with Crippen LogP contribution in [-0.4, -0.2) is 157 Å². The number of aliphatic hydroxyl groups is 3. The van der Waals surface area contributed by atoms with Gasteiger partial charge in [0.05, 0.1) is 81.4 Å². The Bertz CT molecular complexity index is 3100. The number of carbonyl (C=O) groups is 6. The van der Waals surface area contributed by atoms with E-state index in [1.165, 1.54) is 55.3 Å². The molecule has 6 N–H and O–H groups in total. The molecule has 5 aromatic rings. The van der Waals surface area contributed by atoms with Gasteiger partial charge in [-0.25, -0.2) is 14.2 Å². The molecule has 1 fully saturated rings. The second-order valence-electron chi connectivity index (χ2n) is 20.0. The molecule has 1 saturated carbocycles. The molecule has 1 aliphatic heterocycles. The highest BCUT2D eigenvalue weighted by molar-refractivity contribution is 6.12. The van der Waals surface area contributed by atoms with E-state index in [4.69, 9.17) is 23.7 Å². The first-order valence-electron chi connectivity index (χ1n) is 25.9. The zero-order valence-corrected chi connectivity index (χ0v) is 45.1. The van der Waals surface area contributed by atoms with Crippen LogP contribution >= 0.6 is 0 Å². The van der Waals surface area contributed by atoms with Crippen LogP contribution in [-0.2, 0) is 70.4 Å². The van der Waals surface area contributed by atoms with Crippen molar-refractivity contribution in [3.63, 3.8) is 0 Å². The molecule has 1 aliphatic carbocycles. The van der Waals surface area contributed by atoms with Crippen molar-refractivity contribution < 1.29 is 81.7 Å². The smallest absolute Gasteiger partial charge is 0.410 e. The molecule has 5 atom stereocenters. The Balaban J connectivity index is 0.959. The van der Waals surface area contributed by atoms with Gasteiger partial charge in [-0.15, -0.1) is 0 Å². The van der Waals surface area contributed by atoms with Gasteiger partial charge < -0.3 is 64.0 Å². The Hall–Kier alpha value is -7.84. The van der Waals surface area contributed by atoms with E-state index in [-0.39, 0.29) is 108 Å². The van der Waals surface area contributed by atoms with Gasteiger partial charge in [-0.1, -0.05) is 13.0 Å². The van der Waals surface area contributed by atoms with Gasteiger partial charge in [0.2, 0.25) is 17.6 Å². The third kappa shape index (κ3) is 14.7. The number of aryl methyl sites for hydroxylation is 1. The number of imide groups is 1. The van der Waals surface area contributed by atoms with E-state index >= 15 is 4.39 Å². The van der Waals surface area contributed by atoms with Gasteiger partial charge in [0.25, 0.3) is 11.8 Å². The standard InChI is InChI=1S/C55H66F2N8O15/c1-31-38(53(72)73)26-42(50(71)49(31)70)80-41-11-7-33(25-40(41)60-45(67)15-18-58-44(66)17-20-76-23-24-77-22-19-64-46(68)13-14-47(64)69)30-79-54(74)62(5)29-35-27-59-43-12-8-34(28-65(35)43)37-9-10-39(56)48(57)51(37)78-21-16-36-32(2)63(6)61-52(36)55(3,4)75/h7-14,25,27-28,31,38,42,49-50,70-71,75H,15-24,26,29-30H2,1-6H3,(H,58,66)(H,60,67)(H,72,73)/t31-,38+,42-,49+,50+/m1/s1. The number of aliphatic hydroxyl groups excluding tert-OH is 2. The number of amides is 5. The lowest BCUT2D eigenvalue weighted by molar-refractivity contribution is -0.160. The number of halogens is 2. The molecule has 3 aromatic heterocycles. The van der Waals surface area contributed by atoms with Crippen molar-refractivity contribution in [1.82, 2.24) is 34.3 Å². The quantitative estimate of drug-likeness (QED) is 0.0338. The predicted octanol–water partition coefficient (Wildman–Crippen LogP) is 3.94. The van der Waals surface area contributed by atoms with E-state index in [0.717, 1.165) is 22.2 Å². The summed E-state index contributed by atoms with van der Waals surface area (Å²) in [6, 6.07) is 10.2. The summed E-state index contributed by atoms with van der Waals surface area (Å²) in [4.78, 5) is 81.4. The van der Waals surface area contributed by atoms with Crippen LogP contribution in [0.25, 0.3) is 16.8 Å². The number of anilines is 1. The van der Waals surface area contributed by atoms with E-state index in [1.807, 2.05) is 6.92 Å². The largest absolute Gasteiger partial charge is 0.489 e. The molecule has 430 valence electrons. The topological polar surface area (TPSA) is 295 Å². The summed E-state index contributed by atoms with van der Waals surface area (Å²) in [6.45, 7) is 6.68. The highest BCUT2D eigenvalue weighted by Gasteiger charge is 2.45. The van der Waals surface area contributed by atoms with Gasteiger partial charge in [0.1, 0.15) is 35.8 Å². The van der Waals surface area contributed by atoms with E-state index < -0.39 is 83.1 Å². The van der Waals surface area contributed by atoms with Gasteiger partial charge >= 0.3 is 12.1 Å². The number of fused-ring (bicyclic) bond motifs is 1. The molecule has 2 aromatic carbocycles. The minimum Gasteiger partial charge on any atom is -0.489 e. The lowest BCUT2D eigenvalue weighted by Gasteiger charge is -2.39. The molecule has 0 bridgehead atoms.